The number of rotatable bonds is 7. The second-order valence-electron chi connectivity index (χ2n) is 6.45. The lowest BCUT2D eigenvalue weighted by Gasteiger charge is -2.25. The van der Waals surface area contributed by atoms with E-state index in [-0.39, 0.29) is 11.8 Å². The van der Waals surface area contributed by atoms with Crippen LogP contribution in [0.4, 0.5) is 0 Å². The van der Waals surface area contributed by atoms with Crippen LogP contribution < -0.4 is 0 Å². The van der Waals surface area contributed by atoms with Crippen molar-refractivity contribution in [1.29, 1.82) is 0 Å². The maximum Gasteiger partial charge on any atom is 0.195 e. The summed E-state index contributed by atoms with van der Waals surface area (Å²) in [6.45, 7) is 5.40. The quantitative estimate of drug-likeness (QED) is 0.617. The smallest absolute Gasteiger partial charge is 0.195 e. The zero-order valence-electron chi connectivity index (χ0n) is 15.0. The number of ketones is 1. The van der Waals surface area contributed by atoms with E-state index in [1.54, 1.807) is 13.1 Å². The summed E-state index contributed by atoms with van der Waals surface area (Å²) < 4.78 is 2.01. The van der Waals surface area contributed by atoms with Crippen molar-refractivity contribution in [3.8, 4) is 0 Å². The van der Waals surface area contributed by atoms with Gasteiger partial charge in [-0.25, -0.2) is 9.97 Å². The van der Waals surface area contributed by atoms with Crippen molar-refractivity contribution in [1.82, 2.24) is 19.4 Å². The molecule has 2 aromatic heterocycles. The summed E-state index contributed by atoms with van der Waals surface area (Å²) in [5.74, 6) is 0.468. The molecule has 0 bridgehead atoms. The van der Waals surface area contributed by atoms with E-state index in [1.165, 1.54) is 5.56 Å². The van der Waals surface area contributed by atoms with E-state index in [0.29, 0.717) is 5.82 Å². The first-order chi connectivity index (χ1) is 12.1. The van der Waals surface area contributed by atoms with Crippen LogP contribution in [0.25, 0.3) is 11.2 Å². The molecule has 0 spiro atoms. The van der Waals surface area contributed by atoms with Crippen LogP contribution in [0, 0.1) is 0 Å². The highest BCUT2D eigenvalue weighted by Crippen LogP contribution is 2.23. The van der Waals surface area contributed by atoms with Crippen LogP contribution >= 0.6 is 0 Å². The topological polar surface area (TPSA) is 51.0 Å². The molecule has 5 heteroatoms. The van der Waals surface area contributed by atoms with Gasteiger partial charge in [-0.2, -0.15) is 0 Å². The molecule has 0 saturated carbocycles. The van der Waals surface area contributed by atoms with Gasteiger partial charge in [0.25, 0.3) is 0 Å². The molecule has 25 heavy (non-hydrogen) atoms. The molecule has 2 heterocycles. The molecule has 0 unspecified atom stereocenters. The van der Waals surface area contributed by atoms with Crippen LogP contribution in [0.3, 0.4) is 0 Å². The summed E-state index contributed by atoms with van der Waals surface area (Å²) in [4.78, 5) is 23.4. The maximum atomic E-state index is 12.1. The van der Waals surface area contributed by atoms with Crippen LogP contribution in [0.15, 0.2) is 48.7 Å². The molecule has 0 aliphatic heterocycles. The second kappa shape index (κ2) is 7.57. The zero-order chi connectivity index (χ0) is 17.8. The van der Waals surface area contributed by atoms with Gasteiger partial charge in [-0.05, 0) is 31.2 Å². The number of carbonyl (C=O) groups is 1. The van der Waals surface area contributed by atoms with Gasteiger partial charge in [-0.3, -0.25) is 4.79 Å². The van der Waals surface area contributed by atoms with Gasteiger partial charge >= 0.3 is 0 Å². The summed E-state index contributed by atoms with van der Waals surface area (Å²) in [5, 5.41) is 0. The summed E-state index contributed by atoms with van der Waals surface area (Å²) >= 11 is 0. The van der Waals surface area contributed by atoms with E-state index < -0.39 is 0 Å². The highest BCUT2D eigenvalue weighted by Gasteiger charge is 2.22. The number of nitrogens with zero attached hydrogens (tertiary/aromatic N) is 4. The summed E-state index contributed by atoms with van der Waals surface area (Å²) in [5.41, 5.74) is 2.84. The van der Waals surface area contributed by atoms with E-state index in [2.05, 4.69) is 53.1 Å². The fraction of sp³-hybridized carbons (Fsp3) is 0.350. The number of aromatic nitrogens is 3. The Morgan fingerprint density at radius 1 is 1.20 bits per heavy atom. The molecule has 0 aliphatic carbocycles. The fourth-order valence-corrected chi connectivity index (χ4v) is 3.24. The van der Waals surface area contributed by atoms with Crippen LogP contribution in [-0.4, -0.2) is 38.8 Å². The van der Waals surface area contributed by atoms with Gasteiger partial charge in [0.15, 0.2) is 17.3 Å². The first-order valence-electron chi connectivity index (χ1n) is 8.66. The lowest BCUT2D eigenvalue weighted by molar-refractivity contribution is 0.0995. The molecule has 0 fully saturated rings. The minimum Gasteiger partial charge on any atom is -0.302 e. The lowest BCUT2D eigenvalue weighted by atomic mass is 10.1. The van der Waals surface area contributed by atoms with Gasteiger partial charge in [0.05, 0.1) is 0 Å². The van der Waals surface area contributed by atoms with E-state index in [1.807, 2.05) is 22.8 Å². The van der Waals surface area contributed by atoms with Crippen molar-refractivity contribution in [2.45, 2.75) is 32.9 Å². The Balaban J connectivity index is 1.89. The van der Waals surface area contributed by atoms with Crippen molar-refractivity contribution in [2.75, 3.05) is 13.6 Å². The third kappa shape index (κ3) is 3.77. The Bertz CT molecular complexity index is 857. The molecule has 0 amide bonds. The molecule has 3 aromatic rings. The van der Waals surface area contributed by atoms with Crippen LogP contribution in [0.1, 0.15) is 42.5 Å². The highest BCUT2D eigenvalue weighted by atomic mass is 16.1. The Morgan fingerprint density at radius 3 is 2.64 bits per heavy atom. The van der Waals surface area contributed by atoms with Crippen molar-refractivity contribution in [2.24, 2.45) is 0 Å². The number of imidazole rings is 1. The number of carbonyl (C=O) groups excluding carboxylic acids is 1. The third-order valence-electron chi connectivity index (χ3n) is 4.42. The molecule has 5 nitrogen and oxygen atoms in total. The van der Waals surface area contributed by atoms with Crippen molar-refractivity contribution in [3.63, 3.8) is 0 Å². The number of hydrogen-bond acceptors (Lipinski definition) is 4. The molecule has 0 saturated heterocycles. The van der Waals surface area contributed by atoms with Crippen molar-refractivity contribution < 1.29 is 4.79 Å². The normalized spacial score (nSPS) is 12.6. The monoisotopic (exact) mass is 336 g/mol. The Kier molecular flexibility index (Phi) is 5.24. The predicted octanol–water partition coefficient (Wildman–Crippen LogP) is 3.72. The van der Waals surface area contributed by atoms with Gasteiger partial charge in [-0.1, -0.05) is 37.3 Å². The van der Waals surface area contributed by atoms with Gasteiger partial charge in [0.2, 0.25) is 0 Å². The molecule has 0 aliphatic rings. The Hall–Kier alpha value is -2.53. The molecule has 3 rings (SSSR count). The summed E-state index contributed by atoms with van der Waals surface area (Å²) in [7, 11) is 2.11. The minimum absolute atomic E-state index is 0.0258. The first-order valence-corrected chi connectivity index (χ1v) is 8.66. The number of Topliss-reactive ketones (excluding diaryl/α,β-unsaturated/α-hetero) is 1. The van der Waals surface area contributed by atoms with Gasteiger partial charge < -0.3 is 9.47 Å². The summed E-state index contributed by atoms with van der Waals surface area (Å²) in [6.07, 6.45) is 2.66. The molecule has 1 atom stereocenters. The van der Waals surface area contributed by atoms with Crippen molar-refractivity contribution >= 4 is 16.9 Å². The number of benzene rings is 1. The van der Waals surface area contributed by atoms with Crippen LogP contribution in [0.2, 0.25) is 0 Å². The predicted molar refractivity (Wildman–Crippen MR) is 99.6 cm³/mol. The van der Waals surface area contributed by atoms with Gasteiger partial charge in [0.1, 0.15) is 5.52 Å². The third-order valence-corrected chi connectivity index (χ3v) is 4.42. The highest BCUT2D eigenvalue weighted by molar-refractivity contribution is 5.94. The minimum atomic E-state index is -0.0258. The van der Waals surface area contributed by atoms with Gasteiger partial charge in [0, 0.05) is 32.3 Å². The number of pyridine rings is 1. The van der Waals surface area contributed by atoms with Crippen LogP contribution in [0.5, 0.6) is 0 Å². The molecule has 130 valence electrons. The first kappa shape index (κ1) is 17.3. The Labute approximate surface area is 148 Å². The second-order valence-corrected chi connectivity index (χ2v) is 6.45. The average Bonchev–Trinajstić information content (AvgIpc) is 3.00. The molecular formula is C20H24N4O. The number of likely N-dealkylation sites (N-methyl/N-ethyl adjacent to an activating group) is 1. The lowest BCUT2D eigenvalue weighted by Crippen LogP contribution is -2.28. The number of hydrogen-bond donors (Lipinski definition) is 0. The molecule has 0 radical (unpaired) electrons. The largest absolute Gasteiger partial charge is 0.302 e. The summed E-state index contributed by atoms with van der Waals surface area (Å²) in [6, 6.07) is 14.3. The Morgan fingerprint density at radius 2 is 1.96 bits per heavy atom. The number of fused-ring (bicyclic) bond motifs is 1. The maximum absolute atomic E-state index is 12.1. The standard InChI is InChI=1S/C20H24N4O/c1-4-17(14-23(3)13-16-9-6-5-7-10-16)24-19(15(2)25)22-18-11-8-12-21-20(18)24/h5-12,17H,4,13-14H2,1-3H3/t17-/m1/s1. The van der Waals surface area contributed by atoms with Crippen molar-refractivity contribution in [3.05, 3.63) is 60.0 Å². The van der Waals surface area contributed by atoms with E-state index in [9.17, 15) is 4.79 Å². The van der Waals surface area contributed by atoms with Gasteiger partial charge in [-0.15, -0.1) is 0 Å². The molecule has 0 N–H and O–H groups in total. The molecule has 1 aromatic carbocycles. The van der Waals surface area contributed by atoms with Crippen LogP contribution in [-0.2, 0) is 6.54 Å². The average molecular weight is 336 g/mol. The zero-order valence-corrected chi connectivity index (χ0v) is 15.0. The SMILES string of the molecule is CC[C@H](CN(C)Cc1ccccc1)n1c(C(C)=O)nc2cccnc21. The van der Waals surface area contributed by atoms with E-state index >= 15 is 0 Å². The molecular weight excluding hydrogens is 312 g/mol. The fourth-order valence-electron chi connectivity index (χ4n) is 3.24. The van der Waals surface area contributed by atoms with E-state index in [4.69, 9.17) is 0 Å². The van der Waals surface area contributed by atoms with E-state index in [0.717, 1.165) is 30.7 Å².